The van der Waals surface area contributed by atoms with E-state index in [1.54, 1.807) is 0 Å². The van der Waals surface area contributed by atoms with Gasteiger partial charge < -0.3 is 10.1 Å². The third kappa shape index (κ3) is 3.02. The molecule has 1 spiro atoms. The number of aryl methyl sites for hydroxylation is 2. The number of anilines is 1. The van der Waals surface area contributed by atoms with Gasteiger partial charge in [0.25, 0.3) is 0 Å². The van der Waals surface area contributed by atoms with E-state index in [1.807, 2.05) is 11.8 Å². The Morgan fingerprint density at radius 3 is 2.75 bits per heavy atom. The van der Waals surface area contributed by atoms with Crippen molar-refractivity contribution >= 4 is 33.4 Å². The summed E-state index contributed by atoms with van der Waals surface area (Å²) in [6, 6.07) is 4.92. The van der Waals surface area contributed by atoms with Crippen LogP contribution in [0, 0.1) is 13.8 Å². The van der Waals surface area contributed by atoms with E-state index >= 15 is 0 Å². The second kappa shape index (κ2) is 5.90. The van der Waals surface area contributed by atoms with Gasteiger partial charge in [0.2, 0.25) is 0 Å². The summed E-state index contributed by atoms with van der Waals surface area (Å²) in [6.45, 7) is 5.26. The van der Waals surface area contributed by atoms with Crippen LogP contribution in [-0.4, -0.2) is 29.8 Å². The monoisotopic (exact) mass is 355 g/mol. The van der Waals surface area contributed by atoms with E-state index in [1.165, 1.54) is 34.7 Å². The molecule has 1 aromatic carbocycles. The zero-order chi connectivity index (χ0) is 14.2. The number of benzene rings is 1. The average molecular weight is 356 g/mol. The first-order valence-electron chi connectivity index (χ1n) is 7.33. The lowest BCUT2D eigenvalue weighted by molar-refractivity contribution is -0.0628. The number of halogens is 1. The molecule has 3 rings (SSSR count). The second-order valence-corrected chi connectivity index (χ2v) is 8.10. The first-order valence-corrected chi connectivity index (χ1v) is 9.28. The third-order valence-electron chi connectivity index (χ3n) is 4.41. The minimum Gasteiger partial charge on any atom is -0.382 e. The van der Waals surface area contributed by atoms with Crippen LogP contribution >= 0.6 is 27.7 Å². The molecule has 0 saturated carbocycles. The number of hydrogen-bond donors (Lipinski definition) is 1. The van der Waals surface area contributed by atoms with Gasteiger partial charge in [0.15, 0.2) is 0 Å². The van der Waals surface area contributed by atoms with Crippen LogP contribution in [0.1, 0.15) is 30.4 Å². The molecule has 1 N–H and O–H groups in total. The Labute approximate surface area is 134 Å². The highest BCUT2D eigenvalue weighted by molar-refractivity contribution is 9.10. The zero-order valence-electron chi connectivity index (χ0n) is 12.2. The highest BCUT2D eigenvalue weighted by Gasteiger charge is 2.40. The summed E-state index contributed by atoms with van der Waals surface area (Å²) < 4.78 is 7.27. The lowest BCUT2D eigenvalue weighted by Gasteiger charge is -2.38. The topological polar surface area (TPSA) is 21.3 Å². The van der Waals surface area contributed by atoms with Crippen molar-refractivity contribution in [1.82, 2.24) is 0 Å². The van der Waals surface area contributed by atoms with Crippen molar-refractivity contribution in [2.45, 2.75) is 44.8 Å². The van der Waals surface area contributed by atoms with Gasteiger partial charge in [-0.25, -0.2) is 0 Å². The molecule has 2 nitrogen and oxygen atoms in total. The Kier molecular flexibility index (Phi) is 4.34. The number of hydrogen-bond acceptors (Lipinski definition) is 3. The molecule has 20 heavy (non-hydrogen) atoms. The van der Waals surface area contributed by atoms with Crippen molar-refractivity contribution in [2.24, 2.45) is 0 Å². The molecule has 2 aliphatic rings. The van der Waals surface area contributed by atoms with Crippen molar-refractivity contribution in [1.29, 1.82) is 0 Å². The summed E-state index contributed by atoms with van der Waals surface area (Å²) in [5.74, 6) is 2.42. The van der Waals surface area contributed by atoms with Gasteiger partial charge in [-0.05, 0) is 62.1 Å². The molecule has 110 valence electrons. The highest BCUT2D eigenvalue weighted by Crippen LogP contribution is 2.39. The summed E-state index contributed by atoms with van der Waals surface area (Å²) in [5.41, 5.74) is 4.09. The summed E-state index contributed by atoms with van der Waals surface area (Å²) in [4.78, 5) is 0. The Morgan fingerprint density at radius 1 is 1.35 bits per heavy atom. The normalized spacial score (nSPS) is 29.9. The summed E-state index contributed by atoms with van der Waals surface area (Å²) in [7, 11) is 0. The van der Waals surface area contributed by atoms with E-state index in [2.05, 4.69) is 47.2 Å². The predicted molar refractivity (Wildman–Crippen MR) is 90.9 cm³/mol. The van der Waals surface area contributed by atoms with Crippen LogP contribution in [0.2, 0.25) is 0 Å². The smallest absolute Gasteiger partial charge is 0.0799 e. The number of ether oxygens (including phenoxy) is 1. The average Bonchev–Trinajstić information content (AvgIpc) is 2.82. The number of thioether (sulfide) groups is 1. The minimum absolute atomic E-state index is 0.151. The van der Waals surface area contributed by atoms with E-state index in [-0.39, 0.29) is 5.60 Å². The fourth-order valence-corrected chi connectivity index (χ4v) is 5.42. The predicted octanol–water partition coefficient (Wildman–Crippen LogP) is 4.53. The fourth-order valence-electron chi connectivity index (χ4n) is 3.36. The largest absolute Gasteiger partial charge is 0.382 e. The zero-order valence-corrected chi connectivity index (χ0v) is 14.6. The SMILES string of the molecule is Cc1cc(Br)cc(C)c1NC1CCOC2(CCSC2)C1. The lowest BCUT2D eigenvalue weighted by Crippen LogP contribution is -2.44. The van der Waals surface area contributed by atoms with Gasteiger partial charge >= 0.3 is 0 Å². The summed E-state index contributed by atoms with van der Waals surface area (Å²) in [6.07, 6.45) is 3.48. The maximum Gasteiger partial charge on any atom is 0.0799 e. The van der Waals surface area contributed by atoms with E-state index in [9.17, 15) is 0 Å². The molecule has 2 aliphatic heterocycles. The van der Waals surface area contributed by atoms with Crippen molar-refractivity contribution in [3.8, 4) is 0 Å². The van der Waals surface area contributed by atoms with Gasteiger partial charge in [-0.15, -0.1) is 0 Å². The molecule has 2 atom stereocenters. The fraction of sp³-hybridized carbons (Fsp3) is 0.625. The second-order valence-electron chi connectivity index (χ2n) is 6.08. The Bertz CT molecular complexity index is 476. The Morgan fingerprint density at radius 2 is 2.10 bits per heavy atom. The minimum atomic E-state index is 0.151. The van der Waals surface area contributed by atoms with Gasteiger partial charge in [0.1, 0.15) is 0 Å². The van der Waals surface area contributed by atoms with Crippen molar-refractivity contribution in [2.75, 3.05) is 23.4 Å². The van der Waals surface area contributed by atoms with Crippen LogP contribution in [0.4, 0.5) is 5.69 Å². The van der Waals surface area contributed by atoms with Crippen LogP contribution in [0.3, 0.4) is 0 Å². The van der Waals surface area contributed by atoms with E-state index < -0.39 is 0 Å². The highest BCUT2D eigenvalue weighted by atomic mass is 79.9. The van der Waals surface area contributed by atoms with Gasteiger partial charge in [-0.1, -0.05) is 15.9 Å². The molecule has 0 bridgehead atoms. The lowest BCUT2D eigenvalue weighted by atomic mass is 9.89. The molecule has 0 aliphatic carbocycles. The molecule has 2 fully saturated rings. The first kappa shape index (κ1) is 14.7. The number of nitrogens with one attached hydrogen (secondary N) is 1. The maximum absolute atomic E-state index is 6.11. The standard InChI is InChI=1S/C16H22BrNOS/c1-11-7-13(17)8-12(2)15(11)18-14-3-5-19-16(9-14)4-6-20-10-16/h7-8,14,18H,3-6,9-10H2,1-2H3. The third-order valence-corrected chi connectivity index (χ3v) is 6.09. The van der Waals surface area contributed by atoms with E-state index in [0.717, 1.165) is 23.9 Å². The molecular weight excluding hydrogens is 334 g/mol. The Hall–Kier alpha value is -0.190. The van der Waals surface area contributed by atoms with Crippen LogP contribution < -0.4 is 5.32 Å². The Balaban J connectivity index is 1.74. The van der Waals surface area contributed by atoms with Crippen LogP contribution in [-0.2, 0) is 4.74 Å². The molecule has 0 radical (unpaired) electrons. The molecule has 2 unspecified atom stereocenters. The van der Waals surface area contributed by atoms with Crippen molar-refractivity contribution in [3.63, 3.8) is 0 Å². The van der Waals surface area contributed by atoms with Gasteiger partial charge in [-0.2, -0.15) is 11.8 Å². The molecule has 2 heterocycles. The molecule has 0 aromatic heterocycles. The van der Waals surface area contributed by atoms with Crippen molar-refractivity contribution < 1.29 is 4.74 Å². The van der Waals surface area contributed by atoms with E-state index in [4.69, 9.17) is 4.74 Å². The molecule has 4 heteroatoms. The van der Waals surface area contributed by atoms with Crippen molar-refractivity contribution in [3.05, 3.63) is 27.7 Å². The quantitative estimate of drug-likeness (QED) is 0.841. The molecule has 2 saturated heterocycles. The molecule has 0 amide bonds. The molecular formula is C16H22BrNOS. The van der Waals surface area contributed by atoms with Crippen LogP contribution in [0.25, 0.3) is 0 Å². The van der Waals surface area contributed by atoms with Crippen LogP contribution in [0.15, 0.2) is 16.6 Å². The maximum atomic E-state index is 6.11. The number of rotatable bonds is 2. The van der Waals surface area contributed by atoms with Crippen LogP contribution in [0.5, 0.6) is 0 Å². The van der Waals surface area contributed by atoms with Gasteiger partial charge in [-0.3, -0.25) is 0 Å². The first-order chi connectivity index (χ1) is 9.58. The summed E-state index contributed by atoms with van der Waals surface area (Å²) >= 11 is 5.61. The van der Waals surface area contributed by atoms with E-state index in [0.29, 0.717) is 6.04 Å². The van der Waals surface area contributed by atoms with Gasteiger partial charge in [0.05, 0.1) is 5.60 Å². The molecule has 1 aromatic rings. The summed E-state index contributed by atoms with van der Waals surface area (Å²) in [5, 5.41) is 3.79. The van der Waals surface area contributed by atoms with Gasteiger partial charge in [0, 0.05) is 28.6 Å².